The van der Waals surface area contributed by atoms with Gasteiger partial charge in [-0.15, -0.1) is 0 Å². The third kappa shape index (κ3) is 6.55. The highest BCUT2D eigenvalue weighted by atomic mass is 16.5. The van der Waals surface area contributed by atoms with Gasteiger partial charge in [0, 0.05) is 31.2 Å². The Morgan fingerprint density at radius 2 is 1.77 bits per heavy atom. The Bertz CT molecular complexity index is 1260. The van der Waals surface area contributed by atoms with Gasteiger partial charge in [0.05, 0.1) is 30.7 Å². The third-order valence-electron chi connectivity index (χ3n) is 7.91. The first-order chi connectivity index (χ1) is 19.5. The molecule has 2 amide bonds. The molecule has 3 aromatic rings. The highest BCUT2D eigenvalue weighted by molar-refractivity contribution is 5.98. The minimum atomic E-state index is -0.382. The highest BCUT2D eigenvalue weighted by Crippen LogP contribution is 2.35. The molecule has 1 saturated carbocycles. The minimum Gasteiger partial charge on any atom is -0.449 e. The molecule has 0 unspecified atom stereocenters. The number of amides is 2. The lowest BCUT2D eigenvalue weighted by Crippen LogP contribution is -2.54. The van der Waals surface area contributed by atoms with E-state index in [2.05, 4.69) is 27.3 Å². The van der Waals surface area contributed by atoms with E-state index in [0.717, 1.165) is 56.5 Å². The number of benzene rings is 2. The molecule has 40 heavy (non-hydrogen) atoms. The van der Waals surface area contributed by atoms with Crippen LogP contribution in [0.3, 0.4) is 0 Å². The summed E-state index contributed by atoms with van der Waals surface area (Å²) in [6.07, 6.45) is 6.04. The molecular formula is C32H41N5O3. The molecule has 2 fully saturated rings. The molecule has 0 radical (unpaired) electrons. The summed E-state index contributed by atoms with van der Waals surface area (Å²) < 4.78 is 7.58. The third-order valence-corrected chi connectivity index (χ3v) is 7.91. The maximum absolute atomic E-state index is 14.2. The van der Waals surface area contributed by atoms with Gasteiger partial charge in [0.1, 0.15) is 0 Å². The number of nitrogens with one attached hydrogen (secondary N) is 2. The van der Waals surface area contributed by atoms with Crippen molar-refractivity contribution in [3.63, 3.8) is 0 Å². The smallest absolute Gasteiger partial charge is 0.407 e. The zero-order valence-corrected chi connectivity index (χ0v) is 23.6. The number of aromatic nitrogens is 2. The Morgan fingerprint density at radius 1 is 1.05 bits per heavy atom. The first-order valence-corrected chi connectivity index (χ1v) is 14.6. The summed E-state index contributed by atoms with van der Waals surface area (Å²) in [4.78, 5) is 33.6. The molecule has 2 heterocycles. The number of rotatable bonds is 8. The number of imidazole rings is 1. The van der Waals surface area contributed by atoms with Crippen LogP contribution in [0.2, 0.25) is 0 Å². The van der Waals surface area contributed by atoms with E-state index < -0.39 is 0 Å². The van der Waals surface area contributed by atoms with Crippen LogP contribution in [0, 0.1) is 5.92 Å². The van der Waals surface area contributed by atoms with E-state index in [1.165, 1.54) is 5.56 Å². The van der Waals surface area contributed by atoms with Gasteiger partial charge in [-0.1, -0.05) is 87.4 Å². The second-order valence-electron chi connectivity index (χ2n) is 11.4. The Labute approximate surface area is 237 Å². The van der Waals surface area contributed by atoms with Crippen molar-refractivity contribution in [2.45, 2.75) is 64.1 Å². The highest BCUT2D eigenvalue weighted by Gasteiger charge is 2.35. The van der Waals surface area contributed by atoms with Gasteiger partial charge < -0.3 is 24.8 Å². The van der Waals surface area contributed by atoms with Crippen LogP contribution in [0.15, 0.2) is 67.0 Å². The summed E-state index contributed by atoms with van der Waals surface area (Å²) >= 11 is 0. The molecule has 3 atom stereocenters. The Morgan fingerprint density at radius 3 is 2.52 bits per heavy atom. The van der Waals surface area contributed by atoms with E-state index in [9.17, 15) is 9.59 Å². The van der Waals surface area contributed by atoms with Gasteiger partial charge in [-0.2, -0.15) is 0 Å². The number of carbonyl (C=O) groups is 2. The second kappa shape index (κ2) is 13.1. The van der Waals surface area contributed by atoms with E-state index in [-0.39, 0.29) is 36.0 Å². The molecule has 0 bridgehead atoms. The standard InChI is InChI=1S/C32H41N5O3/c1-23(2)21-40-32(39)35-27-15-9-10-16-28(27)37-22-34-29(30(37)25-13-7-4-8-14-25)31(38)36-18-17-33-20-26(36)19-24-11-5-3-6-12-24/h3-8,11-14,22-23,26-28,33H,9-10,15-21H2,1-2H3,(H,35,39)/t26-,27+,28+/m1/s1. The monoisotopic (exact) mass is 543 g/mol. The maximum atomic E-state index is 14.2. The summed E-state index contributed by atoms with van der Waals surface area (Å²) in [5, 5.41) is 6.59. The fraction of sp³-hybridized carbons (Fsp3) is 0.469. The summed E-state index contributed by atoms with van der Waals surface area (Å²) in [6.45, 7) is 6.57. The average Bonchev–Trinajstić information content (AvgIpc) is 3.42. The van der Waals surface area contributed by atoms with Crippen LogP contribution in [0.5, 0.6) is 0 Å². The average molecular weight is 544 g/mol. The van der Waals surface area contributed by atoms with Crippen molar-refractivity contribution in [3.8, 4) is 11.3 Å². The van der Waals surface area contributed by atoms with Crippen molar-refractivity contribution in [3.05, 3.63) is 78.2 Å². The minimum absolute atomic E-state index is 0.0206. The predicted octanol–water partition coefficient (Wildman–Crippen LogP) is 5.07. The molecule has 0 spiro atoms. The lowest BCUT2D eigenvalue weighted by molar-refractivity contribution is 0.0631. The molecule has 2 aromatic carbocycles. The fourth-order valence-electron chi connectivity index (χ4n) is 5.93. The molecule has 8 heteroatoms. The van der Waals surface area contributed by atoms with Gasteiger partial charge in [0.25, 0.3) is 5.91 Å². The van der Waals surface area contributed by atoms with Crippen LogP contribution < -0.4 is 10.6 Å². The van der Waals surface area contributed by atoms with Gasteiger partial charge in [-0.25, -0.2) is 9.78 Å². The van der Waals surface area contributed by atoms with E-state index in [4.69, 9.17) is 9.72 Å². The van der Waals surface area contributed by atoms with Crippen molar-refractivity contribution >= 4 is 12.0 Å². The summed E-state index contributed by atoms with van der Waals surface area (Å²) in [5.41, 5.74) is 3.45. The zero-order valence-electron chi connectivity index (χ0n) is 23.6. The number of carbonyl (C=O) groups excluding carboxylic acids is 2. The van der Waals surface area contributed by atoms with E-state index in [1.807, 2.05) is 67.3 Å². The molecule has 8 nitrogen and oxygen atoms in total. The zero-order chi connectivity index (χ0) is 27.9. The van der Waals surface area contributed by atoms with Gasteiger partial charge in [-0.05, 0) is 30.7 Å². The van der Waals surface area contributed by atoms with Gasteiger partial charge >= 0.3 is 6.09 Å². The van der Waals surface area contributed by atoms with Crippen molar-refractivity contribution in [2.75, 3.05) is 26.2 Å². The Hall–Kier alpha value is -3.65. The fourth-order valence-corrected chi connectivity index (χ4v) is 5.93. The predicted molar refractivity (Wildman–Crippen MR) is 156 cm³/mol. The van der Waals surface area contributed by atoms with Gasteiger partial charge in [0.15, 0.2) is 5.69 Å². The molecule has 2 aliphatic rings. The van der Waals surface area contributed by atoms with Crippen molar-refractivity contribution < 1.29 is 14.3 Å². The molecular weight excluding hydrogens is 502 g/mol. The summed E-state index contributed by atoms with van der Waals surface area (Å²) in [5.74, 6) is 0.229. The molecule has 212 valence electrons. The number of nitrogens with zero attached hydrogens (tertiary/aromatic N) is 3. The largest absolute Gasteiger partial charge is 0.449 e. The number of alkyl carbamates (subject to hydrolysis) is 1. The Balaban J connectivity index is 1.45. The normalized spacial score (nSPS) is 21.3. The van der Waals surface area contributed by atoms with Gasteiger partial charge in [0.2, 0.25) is 0 Å². The SMILES string of the molecule is CC(C)COC(=O)N[C@H]1CCCC[C@@H]1n1cnc(C(=O)N2CCNC[C@H]2Cc2ccccc2)c1-c1ccccc1. The van der Waals surface area contributed by atoms with Crippen LogP contribution >= 0.6 is 0 Å². The summed E-state index contributed by atoms with van der Waals surface area (Å²) in [7, 11) is 0. The summed E-state index contributed by atoms with van der Waals surface area (Å²) in [6, 6.07) is 20.3. The van der Waals surface area contributed by atoms with Crippen LogP contribution in [0.4, 0.5) is 4.79 Å². The lowest BCUT2D eigenvalue weighted by Gasteiger charge is -2.36. The molecule has 1 saturated heterocycles. The first kappa shape index (κ1) is 27.9. The quantitative estimate of drug-likeness (QED) is 0.414. The number of hydrogen-bond acceptors (Lipinski definition) is 5. The van der Waals surface area contributed by atoms with E-state index in [1.54, 1.807) is 6.33 Å². The number of ether oxygens (including phenoxy) is 1. The number of piperazine rings is 1. The van der Waals surface area contributed by atoms with Crippen molar-refractivity contribution in [1.29, 1.82) is 0 Å². The maximum Gasteiger partial charge on any atom is 0.407 e. The van der Waals surface area contributed by atoms with Crippen LogP contribution in [0.25, 0.3) is 11.3 Å². The molecule has 1 aromatic heterocycles. The molecule has 2 N–H and O–H groups in total. The van der Waals surface area contributed by atoms with Crippen molar-refractivity contribution in [2.24, 2.45) is 5.92 Å². The molecule has 1 aliphatic carbocycles. The first-order valence-electron chi connectivity index (χ1n) is 14.6. The molecule has 1 aliphatic heterocycles. The second-order valence-corrected chi connectivity index (χ2v) is 11.4. The van der Waals surface area contributed by atoms with Crippen molar-refractivity contribution in [1.82, 2.24) is 25.1 Å². The Kier molecular flexibility index (Phi) is 9.16. The number of hydrogen-bond donors (Lipinski definition) is 2. The van der Waals surface area contributed by atoms with Crippen LogP contribution in [-0.2, 0) is 11.2 Å². The topological polar surface area (TPSA) is 88.5 Å². The van der Waals surface area contributed by atoms with E-state index in [0.29, 0.717) is 18.8 Å². The molecule has 5 rings (SSSR count). The van der Waals surface area contributed by atoms with Crippen LogP contribution in [0.1, 0.15) is 61.6 Å². The lowest BCUT2D eigenvalue weighted by atomic mass is 9.89. The van der Waals surface area contributed by atoms with Crippen LogP contribution in [-0.4, -0.2) is 64.8 Å². The van der Waals surface area contributed by atoms with Gasteiger partial charge in [-0.3, -0.25) is 4.79 Å². The van der Waals surface area contributed by atoms with E-state index >= 15 is 0 Å².